The number of fused-ring (bicyclic) bond motifs is 1. The summed E-state index contributed by atoms with van der Waals surface area (Å²) in [5.41, 5.74) is 0.516. The lowest BCUT2D eigenvalue weighted by Crippen LogP contribution is -2.45. The van der Waals surface area contributed by atoms with Crippen LogP contribution in [-0.4, -0.2) is 41.8 Å². The van der Waals surface area contributed by atoms with Gasteiger partial charge in [0, 0.05) is 21.9 Å². The molecule has 0 radical (unpaired) electrons. The second kappa shape index (κ2) is 6.69. The van der Waals surface area contributed by atoms with Crippen LogP contribution in [0.3, 0.4) is 0 Å². The lowest BCUT2D eigenvalue weighted by Gasteiger charge is -2.27. The fraction of sp³-hybridized carbons (Fsp3) is 0.421. The van der Waals surface area contributed by atoms with Crippen LogP contribution in [-0.2, 0) is 11.3 Å². The van der Waals surface area contributed by atoms with E-state index in [-0.39, 0.29) is 5.91 Å². The molecule has 6 heteroatoms. The molecule has 0 bridgehead atoms. The summed E-state index contributed by atoms with van der Waals surface area (Å²) < 4.78 is 11.4. The third-order valence-corrected chi connectivity index (χ3v) is 5.21. The highest BCUT2D eigenvalue weighted by atomic mass is 32.1. The lowest BCUT2D eigenvalue weighted by molar-refractivity contribution is -0.148. The summed E-state index contributed by atoms with van der Waals surface area (Å²) >= 11 is 1.71. The minimum absolute atomic E-state index is 0.305. The van der Waals surface area contributed by atoms with Gasteiger partial charge in [0.2, 0.25) is 0 Å². The lowest BCUT2D eigenvalue weighted by atomic mass is 10.0. The Labute approximate surface area is 151 Å². The van der Waals surface area contributed by atoms with E-state index in [0.29, 0.717) is 31.2 Å². The van der Waals surface area contributed by atoms with Crippen molar-refractivity contribution in [3.05, 3.63) is 34.7 Å². The minimum atomic E-state index is -1.41. The number of carbonyl (C=O) groups excluding carboxylic acids is 1. The zero-order valence-corrected chi connectivity index (χ0v) is 15.8. The number of benzene rings is 1. The molecular weight excluding hydrogens is 338 g/mol. The van der Waals surface area contributed by atoms with E-state index in [1.807, 2.05) is 12.1 Å². The molecule has 0 saturated carbocycles. The highest BCUT2D eigenvalue weighted by Gasteiger charge is 2.32. The van der Waals surface area contributed by atoms with Crippen molar-refractivity contribution in [1.29, 1.82) is 0 Å². The maximum atomic E-state index is 12.5. The summed E-state index contributed by atoms with van der Waals surface area (Å²) in [6.45, 7) is 6.26. The average Bonchev–Trinajstić information content (AvgIpc) is 2.88. The molecule has 0 unspecified atom stereocenters. The van der Waals surface area contributed by atoms with E-state index in [9.17, 15) is 9.90 Å². The first-order valence-electron chi connectivity index (χ1n) is 8.22. The van der Waals surface area contributed by atoms with Crippen molar-refractivity contribution < 1.29 is 19.4 Å². The topological polar surface area (TPSA) is 59.0 Å². The van der Waals surface area contributed by atoms with E-state index in [1.54, 1.807) is 23.3 Å². The highest BCUT2D eigenvalue weighted by Crippen LogP contribution is 2.40. The summed E-state index contributed by atoms with van der Waals surface area (Å²) in [4.78, 5) is 16.5. The van der Waals surface area contributed by atoms with Gasteiger partial charge in [-0.05, 0) is 50.6 Å². The van der Waals surface area contributed by atoms with Gasteiger partial charge in [0.1, 0.15) is 12.2 Å². The predicted octanol–water partition coefficient (Wildman–Crippen LogP) is 3.22. The molecule has 0 fully saturated rings. The van der Waals surface area contributed by atoms with Gasteiger partial charge in [-0.3, -0.25) is 4.79 Å². The number of amides is 1. The Balaban J connectivity index is 2.02. The van der Waals surface area contributed by atoms with Gasteiger partial charge in [-0.15, -0.1) is 11.3 Å². The fourth-order valence-electron chi connectivity index (χ4n) is 2.93. The van der Waals surface area contributed by atoms with Crippen LogP contribution in [0, 0.1) is 6.92 Å². The molecule has 1 aromatic carbocycles. The molecule has 1 amide bonds. The molecule has 2 aromatic rings. The summed E-state index contributed by atoms with van der Waals surface area (Å²) in [7, 11) is 1.62. The zero-order valence-electron chi connectivity index (χ0n) is 15.0. The first-order valence-corrected chi connectivity index (χ1v) is 9.03. The third-order valence-electron chi connectivity index (χ3n) is 4.16. The van der Waals surface area contributed by atoms with Crippen LogP contribution in [0.2, 0.25) is 0 Å². The van der Waals surface area contributed by atoms with E-state index in [0.717, 1.165) is 16.0 Å². The van der Waals surface area contributed by atoms with Crippen LogP contribution in [0.5, 0.6) is 11.5 Å². The molecule has 134 valence electrons. The van der Waals surface area contributed by atoms with Gasteiger partial charge >= 0.3 is 0 Å². The quantitative estimate of drug-likeness (QED) is 0.912. The molecule has 1 N–H and O–H groups in total. The standard InChI is InChI=1S/C19H23NO4S/c1-12-5-6-16(25-12)13-9-14-11-20(18(21)19(2,3)22)7-8-24-17(14)15(10-13)23-4/h5-6,9-10,22H,7-8,11H2,1-4H3. The van der Waals surface area contributed by atoms with Crippen LogP contribution in [0.4, 0.5) is 0 Å². The van der Waals surface area contributed by atoms with Crippen LogP contribution >= 0.6 is 11.3 Å². The van der Waals surface area contributed by atoms with E-state index in [4.69, 9.17) is 9.47 Å². The van der Waals surface area contributed by atoms with Gasteiger partial charge in [0.05, 0.1) is 13.7 Å². The van der Waals surface area contributed by atoms with Crippen molar-refractivity contribution in [3.8, 4) is 21.9 Å². The number of hydrogen-bond acceptors (Lipinski definition) is 5. The average molecular weight is 361 g/mol. The normalized spacial score (nSPS) is 14.5. The van der Waals surface area contributed by atoms with Crippen molar-refractivity contribution in [1.82, 2.24) is 4.90 Å². The van der Waals surface area contributed by atoms with E-state index in [2.05, 4.69) is 19.1 Å². The molecule has 2 heterocycles. The molecule has 1 aromatic heterocycles. The molecule has 3 rings (SSSR count). The maximum absolute atomic E-state index is 12.5. The molecule has 0 aliphatic carbocycles. The van der Waals surface area contributed by atoms with Gasteiger partial charge < -0.3 is 19.5 Å². The monoisotopic (exact) mass is 361 g/mol. The number of methoxy groups -OCH3 is 1. The highest BCUT2D eigenvalue weighted by molar-refractivity contribution is 7.15. The molecule has 5 nitrogen and oxygen atoms in total. The van der Waals surface area contributed by atoms with Crippen molar-refractivity contribution in [2.45, 2.75) is 32.9 Å². The number of ether oxygens (including phenoxy) is 2. The van der Waals surface area contributed by atoms with E-state index >= 15 is 0 Å². The van der Waals surface area contributed by atoms with Gasteiger partial charge in [-0.25, -0.2) is 0 Å². The van der Waals surface area contributed by atoms with E-state index < -0.39 is 5.60 Å². The van der Waals surface area contributed by atoms with Gasteiger partial charge in [0.15, 0.2) is 11.5 Å². The smallest absolute Gasteiger partial charge is 0.254 e. The molecule has 0 spiro atoms. The molecule has 0 saturated heterocycles. The number of rotatable bonds is 3. The number of hydrogen-bond donors (Lipinski definition) is 1. The SMILES string of the molecule is COc1cc(-c2ccc(C)s2)cc2c1OCCN(C(=O)C(C)(C)O)C2. The Bertz CT molecular complexity index is 791. The number of nitrogens with zero attached hydrogens (tertiary/aromatic N) is 1. The van der Waals surface area contributed by atoms with Crippen LogP contribution in [0.15, 0.2) is 24.3 Å². The Morgan fingerprint density at radius 1 is 1.36 bits per heavy atom. The van der Waals surface area contributed by atoms with Crippen LogP contribution < -0.4 is 9.47 Å². The Morgan fingerprint density at radius 3 is 2.72 bits per heavy atom. The molecule has 25 heavy (non-hydrogen) atoms. The second-order valence-electron chi connectivity index (χ2n) is 6.71. The van der Waals surface area contributed by atoms with Gasteiger partial charge in [-0.1, -0.05) is 0 Å². The first-order chi connectivity index (χ1) is 11.8. The number of thiophene rings is 1. The molecule has 0 atom stereocenters. The molecular formula is C19H23NO4S. The van der Waals surface area contributed by atoms with E-state index in [1.165, 1.54) is 18.7 Å². The zero-order chi connectivity index (χ0) is 18.2. The molecule has 1 aliphatic heterocycles. The van der Waals surface area contributed by atoms with Gasteiger partial charge in [-0.2, -0.15) is 0 Å². The summed E-state index contributed by atoms with van der Waals surface area (Å²) in [6, 6.07) is 8.17. The van der Waals surface area contributed by atoms with Crippen molar-refractivity contribution in [3.63, 3.8) is 0 Å². The van der Waals surface area contributed by atoms with Crippen LogP contribution in [0.25, 0.3) is 10.4 Å². The van der Waals surface area contributed by atoms with Crippen molar-refractivity contribution in [2.75, 3.05) is 20.3 Å². The minimum Gasteiger partial charge on any atom is -0.493 e. The number of aliphatic hydroxyl groups is 1. The number of aryl methyl sites for hydroxylation is 1. The Hall–Kier alpha value is -2.05. The van der Waals surface area contributed by atoms with Crippen molar-refractivity contribution >= 4 is 17.2 Å². The first kappa shape index (κ1) is 17.8. The van der Waals surface area contributed by atoms with Gasteiger partial charge in [0.25, 0.3) is 5.91 Å². The molecule has 1 aliphatic rings. The van der Waals surface area contributed by atoms with Crippen molar-refractivity contribution in [2.24, 2.45) is 0 Å². The largest absolute Gasteiger partial charge is 0.493 e. The van der Waals surface area contributed by atoms with Crippen LogP contribution in [0.1, 0.15) is 24.3 Å². The summed E-state index contributed by atoms with van der Waals surface area (Å²) in [5, 5.41) is 10.1. The maximum Gasteiger partial charge on any atom is 0.254 e. The number of carbonyl (C=O) groups is 1. The Kier molecular flexibility index (Phi) is 4.75. The second-order valence-corrected chi connectivity index (χ2v) is 8.00. The fourth-order valence-corrected chi connectivity index (χ4v) is 3.78. The summed E-state index contributed by atoms with van der Waals surface area (Å²) in [6.07, 6.45) is 0. The Morgan fingerprint density at radius 2 is 2.12 bits per heavy atom. The summed E-state index contributed by atoms with van der Waals surface area (Å²) in [5.74, 6) is 1.03. The third kappa shape index (κ3) is 3.65. The predicted molar refractivity (Wildman–Crippen MR) is 98.3 cm³/mol.